The zero-order valence-corrected chi connectivity index (χ0v) is 12.1. The summed E-state index contributed by atoms with van der Waals surface area (Å²) in [6.45, 7) is 6.69. The van der Waals surface area contributed by atoms with Gasteiger partial charge in [0.2, 0.25) is 0 Å². The molecule has 5 nitrogen and oxygen atoms in total. The lowest BCUT2D eigenvalue weighted by Gasteiger charge is -2.19. The summed E-state index contributed by atoms with van der Waals surface area (Å²) in [5.41, 5.74) is 1.69. The first-order valence-electron chi connectivity index (χ1n) is 6.15. The van der Waals surface area contributed by atoms with Gasteiger partial charge in [0.25, 0.3) is 0 Å². The van der Waals surface area contributed by atoms with Crippen LogP contribution in [0.4, 0.5) is 5.69 Å². The van der Waals surface area contributed by atoms with Gasteiger partial charge < -0.3 is 14.7 Å². The van der Waals surface area contributed by atoms with Crippen molar-refractivity contribution in [3.8, 4) is 0 Å². The van der Waals surface area contributed by atoms with Gasteiger partial charge in [0.15, 0.2) is 0 Å². The number of anilines is 1. The third-order valence-electron chi connectivity index (χ3n) is 2.85. The largest absolute Gasteiger partial charge is 0.478 e. The number of esters is 1. The van der Waals surface area contributed by atoms with Crippen LogP contribution in [0.3, 0.4) is 0 Å². The van der Waals surface area contributed by atoms with E-state index in [9.17, 15) is 14.7 Å². The molecule has 0 heterocycles. The lowest BCUT2D eigenvalue weighted by atomic mass is 10.0. The van der Waals surface area contributed by atoms with Crippen LogP contribution in [0.5, 0.6) is 0 Å². The topological polar surface area (TPSA) is 66.8 Å². The molecule has 0 aliphatic heterocycles. The van der Waals surface area contributed by atoms with Gasteiger partial charge in [-0.1, -0.05) is 6.58 Å². The molecule has 0 radical (unpaired) electrons. The molecule has 20 heavy (non-hydrogen) atoms. The number of rotatable bonds is 5. The number of aromatic carboxylic acids is 1. The Labute approximate surface area is 118 Å². The van der Waals surface area contributed by atoms with Gasteiger partial charge in [-0.25, -0.2) is 9.59 Å². The van der Waals surface area contributed by atoms with Crippen molar-refractivity contribution in [1.82, 2.24) is 0 Å². The van der Waals surface area contributed by atoms with Gasteiger partial charge in [-0.05, 0) is 32.0 Å². The van der Waals surface area contributed by atoms with Crippen molar-refractivity contribution < 1.29 is 19.4 Å². The lowest BCUT2D eigenvalue weighted by Crippen LogP contribution is -2.15. The molecule has 0 saturated heterocycles. The van der Waals surface area contributed by atoms with Crippen LogP contribution in [0.2, 0.25) is 0 Å². The van der Waals surface area contributed by atoms with Crippen LogP contribution in [-0.4, -0.2) is 31.1 Å². The number of carboxylic acids is 1. The number of carbonyl (C=O) groups excluding carboxylic acids is 1. The summed E-state index contributed by atoms with van der Waals surface area (Å²) in [7, 11) is 3.70. The van der Waals surface area contributed by atoms with E-state index in [0.29, 0.717) is 5.56 Å². The van der Waals surface area contributed by atoms with E-state index in [-0.39, 0.29) is 11.1 Å². The number of carbonyl (C=O) groups is 2. The minimum Gasteiger partial charge on any atom is -0.478 e. The molecule has 108 valence electrons. The van der Waals surface area contributed by atoms with Crippen molar-refractivity contribution >= 4 is 17.6 Å². The van der Waals surface area contributed by atoms with E-state index >= 15 is 0 Å². The van der Waals surface area contributed by atoms with Gasteiger partial charge in [0.05, 0.1) is 5.56 Å². The molecule has 0 aliphatic rings. The maximum absolute atomic E-state index is 11.5. The van der Waals surface area contributed by atoms with E-state index in [4.69, 9.17) is 4.74 Å². The quantitative estimate of drug-likeness (QED) is 0.662. The lowest BCUT2D eigenvalue weighted by molar-refractivity contribution is -0.143. The summed E-state index contributed by atoms with van der Waals surface area (Å²) in [6.07, 6.45) is -0.662. The molecule has 0 aromatic heterocycles. The van der Waals surface area contributed by atoms with Crippen LogP contribution >= 0.6 is 0 Å². The zero-order valence-electron chi connectivity index (χ0n) is 12.1. The highest BCUT2D eigenvalue weighted by Crippen LogP contribution is 2.26. The first-order valence-corrected chi connectivity index (χ1v) is 6.15. The third-order valence-corrected chi connectivity index (χ3v) is 2.85. The van der Waals surface area contributed by atoms with Crippen LogP contribution in [0, 0.1) is 0 Å². The summed E-state index contributed by atoms with van der Waals surface area (Å²) < 4.78 is 5.20. The van der Waals surface area contributed by atoms with Crippen molar-refractivity contribution in [2.45, 2.75) is 20.0 Å². The molecule has 1 N–H and O–H groups in total. The Kier molecular flexibility index (Phi) is 4.91. The fraction of sp³-hybridized carbons (Fsp3) is 0.333. The number of hydrogen-bond donors (Lipinski definition) is 1. The Hall–Kier alpha value is -2.30. The van der Waals surface area contributed by atoms with Crippen LogP contribution in [0.1, 0.15) is 35.9 Å². The second-order valence-corrected chi connectivity index (χ2v) is 4.80. The summed E-state index contributed by atoms with van der Waals surface area (Å²) in [6, 6.07) is 4.93. The maximum atomic E-state index is 11.5. The molecule has 0 spiro atoms. The highest BCUT2D eigenvalue weighted by Gasteiger charge is 2.20. The maximum Gasteiger partial charge on any atom is 0.336 e. The van der Waals surface area contributed by atoms with Crippen molar-refractivity contribution in [3.63, 3.8) is 0 Å². The molecule has 5 heteroatoms. The molecule has 0 amide bonds. The molecule has 1 atom stereocenters. The molecule has 0 fully saturated rings. The average molecular weight is 277 g/mol. The van der Waals surface area contributed by atoms with Gasteiger partial charge in [-0.2, -0.15) is 0 Å². The Morgan fingerprint density at radius 3 is 2.40 bits per heavy atom. The van der Waals surface area contributed by atoms with Crippen LogP contribution in [0.15, 0.2) is 30.4 Å². The molecule has 1 rings (SSSR count). The van der Waals surface area contributed by atoms with Crippen molar-refractivity contribution in [2.24, 2.45) is 0 Å². The van der Waals surface area contributed by atoms with E-state index in [0.717, 1.165) is 5.69 Å². The van der Waals surface area contributed by atoms with Crippen molar-refractivity contribution in [1.29, 1.82) is 0 Å². The number of benzene rings is 1. The predicted molar refractivity (Wildman–Crippen MR) is 77.0 cm³/mol. The summed E-state index contributed by atoms with van der Waals surface area (Å²) in [5, 5.41) is 9.22. The van der Waals surface area contributed by atoms with Gasteiger partial charge in [0.1, 0.15) is 6.10 Å². The Balaban J connectivity index is 3.18. The van der Waals surface area contributed by atoms with Gasteiger partial charge in [-0.3, -0.25) is 0 Å². The first-order chi connectivity index (χ1) is 9.23. The molecule has 1 aromatic carbocycles. The van der Waals surface area contributed by atoms with E-state index in [1.54, 1.807) is 26.0 Å². The van der Waals surface area contributed by atoms with Crippen molar-refractivity contribution in [3.05, 3.63) is 41.5 Å². The van der Waals surface area contributed by atoms with Gasteiger partial charge in [-0.15, -0.1) is 0 Å². The third kappa shape index (κ3) is 3.60. The molecular weight excluding hydrogens is 258 g/mol. The molecule has 0 aliphatic carbocycles. The second-order valence-electron chi connectivity index (χ2n) is 4.80. The predicted octanol–water partition coefficient (Wildman–Crippen LogP) is 2.63. The van der Waals surface area contributed by atoms with E-state index in [1.807, 2.05) is 19.0 Å². The van der Waals surface area contributed by atoms with Crippen molar-refractivity contribution in [2.75, 3.05) is 19.0 Å². The molecule has 1 aromatic rings. The fourth-order valence-corrected chi connectivity index (χ4v) is 1.68. The molecule has 1 unspecified atom stereocenters. The van der Waals surface area contributed by atoms with Crippen LogP contribution in [0.25, 0.3) is 0 Å². The van der Waals surface area contributed by atoms with Crippen LogP contribution < -0.4 is 4.90 Å². The first kappa shape index (κ1) is 15.8. The monoisotopic (exact) mass is 277 g/mol. The number of ether oxygens (including phenoxy) is 1. The number of hydrogen-bond acceptors (Lipinski definition) is 4. The summed E-state index contributed by atoms with van der Waals surface area (Å²) in [4.78, 5) is 24.7. The average Bonchev–Trinajstić information content (AvgIpc) is 2.37. The normalized spacial score (nSPS) is 11.6. The van der Waals surface area contributed by atoms with Crippen LogP contribution in [-0.2, 0) is 9.53 Å². The molecular formula is C15H19NO4. The van der Waals surface area contributed by atoms with E-state index in [2.05, 4.69) is 6.58 Å². The smallest absolute Gasteiger partial charge is 0.336 e. The highest BCUT2D eigenvalue weighted by molar-refractivity contribution is 5.91. The summed E-state index contributed by atoms with van der Waals surface area (Å²) >= 11 is 0. The summed E-state index contributed by atoms with van der Waals surface area (Å²) in [5.74, 6) is -1.59. The second kappa shape index (κ2) is 6.23. The number of carboxylic acid groups (broad SMARTS) is 1. The SMILES string of the molecule is C=C(C)C(=O)OC(C)c1cc(N(C)C)ccc1C(=O)O. The fourth-order valence-electron chi connectivity index (χ4n) is 1.68. The Bertz CT molecular complexity index is 549. The van der Waals surface area contributed by atoms with Gasteiger partial charge in [0, 0.05) is 30.9 Å². The van der Waals surface area contributed by atoms with E-state index in [1.165, 1.54) is 6.07 Å². The highest BCUT2D eigenvalue weighted by atomic mass is 16.5. The molecule has 0 saturated carbocycles. The minimum absolute atomic E-state index is 0.123. The molecule has 0 bridgehead atoms. The Morgan fingerprint density at radius 2 is 1.95 bits per heavy atom. The zero-order chi connectivity index (χ0) is 15.4. The van der Waals surface area contributed by atoms with Gasteiger partial charge >= 0.3 is 11.9 Å². The number of nitrogens with zero attached hydrogens (tertiary/aromatic N) is 1. The Morgan fingerprint density at radius 1 is 1.35 bits per heavy atom. The van der Waals surface area contributed by atoms with E-state index < -0.39 is 18.0 Å². The minimum atomic E-state index is -1.05. The standard InChI is InChI=1S/C15H19NO4/c1-9(2)15(19)20-10(3)13-8-11(16(4)5)6-7-12(13)14(17)18/h6-8,10H,1H2,2-5H3,(H,17,18).